The number of hydrogen-bond donors (Lipinski definition) is 0. The SMILES string of the molecule is O=[N+]([O-])c1ncn(-c2cccc(S(=O)(=O)C(F)(F)F)c2)n1. The Hall–Kier alpha value is -2.50. The minimum atomic E-state index is -5.51. The first-order valence-electron chi connectivity index (χ1n) is 5.11. The molecule has 0 saturated carbocycles. The second-order valence-electron chi connectivity index (χ2n) is 3.69. The van der Waals surface area contributed by atoms with Crippen LogP contribution in [0.25, 0.3) is 5.69 Å². The van der Waals surface area contributed by atoms with E-state index in [1.165, 1.54) is 6.07 Å². The van der Waals surface area contributed by atoms with Crippen LogP contribution in [0.3, 0.4) is 0 Å². The number of hydrogen-bond acceptors (Lipinski definition) is 6. The van der Waals surface area contributed by atoms with E-state index in [4.69, 9.17) is 0 Å². The minimum absolute atomic E-state index is 0.110. The summed E-state index contributed by atoms with van der Waals surface area (Å²) in [4.78, 5) is 11.8. The second-order valence-corrected chi connectivity index (χ2v) is 5.63. The van der Waals surface area contributed by atoms with Crippen molar-refractivity contribution >= 4 is 15.8 Å². The Labute approximate surface area is 114 Å². The molecule has 0 atom stereocenters. The third-order valence-corrected chi connectivity index (χ3v) is 3.82. The number of halogens is 3. The third-order valence-electron chi connectivity index (χ3n) is 2.34. The molecule has 0 radical (unpaired) electrons. The molecule has 1 aromatic heterocycles. The number of nitrogens with zero attached hydrogens (tertiary/aromatic N) is 4. The monoisotopic (exact) mass is 322 g/mol. The lowest BCUT2D eigenvalue weighted by atomic mass is 10.3. The normalized spacial score (nSPS) is 12.3. The van der Waals surface area contributed by atoms with Crippen LogP contribution in [0.1, 0.15) is 0 Å². The Morgan fingerprint density at radius 2 is 1.95 bits per heavy atom. The van der Waals surface area contributed by atoms with E-state index in [9.17, 15) is 31.7 Å². The molecular weight excluding hydrogens is 317 g/mol. The molecule has 0 spiro atoms. The summed E-state index contributed by atoms with van der Waals surface area (Å²) in [6.45, 7) is 0. The molecular formula is C9H5F3N4O4S. The number of benzene rings is 1. The van der Waals surface area contributed by atoms with E-state index < -0.39 is 31.1 Å². The van der Waals surface area contributed by atoms with Gasteiger partial charge in [-0.1, -0.05) is 11.1 Å². The first kappa shape index (κ1) is 14.9. The molecule has 12 heteroatoms. The van der Waals surface area contributed by atoms with Gasteiger partial charge >= 0.3 is 11.5 Å². The van der Waals surface area contributed by atoms with Crippen LogP contribution >= 0.6 is 0 Å². The van der Waals surface area contributed by atoms with Crippen LogP contribution in [0.15, 0.2) is 35.5 Å². The van der Waals surface area contributed by atoms with Crippen LogP contribution in [0, 0.1) is 10.1 Å². The maximum absolute atomic E-state index is 12.5. The van der Waals surface area contributed by atoms with E-state index >= 15 is 0 Å². The standard InChI is InChI=1S/C9H5F3N4O4S/c10-9(11,12)21(19,20)7-3-1-2-6(4-7)15-5-13-8(14-15)16(17)18/h1-5H. The molecule has 8 nitrogen and oxygen atoms in total. The lowest BCUT2D eigenvalue weighted by molar-refractivity contribution is -0.394. The molecule has 0 bridgehead atoms. The Balaban J connectivity index is 2.50. The molecule has 0 aliphatic heterocycles. The fourth-order valence-corrected chi connectivity index (χ4v) is 2.19. The van der Waals surface area contributed by atoms with Gasteiger partial charge in [0, 0.05) is 5.10 Å². The summed E-state index contributed by atoms with van der Waals surface area (Å²) in [7, 11) is -5.51. The quantitative estimate of drug-likeness (QED) is 0.625. The highest BCUT2D eigenvalue weighted by atomic mass is 32.2. The summed E-state index contributed by atoms with van der Waals surface area (Å²) >= 11 is 0. The summed E-state index contributed by atoms with van der Waals surface area (Å²) in [5.41, 5.74) is -5.55. The smallest absolute Gasteiger partial charge is 0.390 e. The van der Waals surface area contributed by atoms with Gasteiger partial charge in [-0.3, -0.25) is 0 Å². The third kappa shape index (κ3) is 2.69. The molecule has 0 aliphatic rings. The van der Waals surface area contributed by atoms with Crippen molar-refractivity contribution < 1.29 is 26.5 Å². The Morgan fingerprint density at radius 3 is 2.48 bits per heavy atom. The fourth-order valence-electron chi connectivity index (χ4n) is 1.39. The molecule has 112 valence electrons. The molecule has 0 amide bonds. The summed E-state index contributed by atoms with van der Waals surface area (Å²) in [5, 5.41) is 13.8. The van der Waals surface area contributed by atoms with Crippen molar-refractivity contribution in [3.05, 3.63) is 40.7 Å². The highest BCUT2D eigenvalue weighted by Crippen LogP contribution is 2.30. The summed E-state index contributed by atoms with van der Waals surface area (Å²) < 4.78 is 60.7. The lowest BCUT2D eigenvalue weighted by Gasteiger charge is -2.08. The molecule has 1 heterocycles. The highest BCUT2D eigenvalue weighted by molar-refractivity contribution is 7.92. The van der Waals surface area contributed by atoms with Crippen molar-refractivity contribution in [1.29, 1.82) is 0 Å². The minimum Gasteiger partial charge on any atom is -0.390 e. The van der Waals surface area contributed by atoms with E-state index in [2.05, 4.69) is 10.1 Å². The maximum atomic E-state index is 12.5. The Bertz CT molecular complexity index is 799. The average molecular weight is 322 g/mol. The topological polar surface area (TPSA) is 108 Å². The summed E-state index contributed by atoms with van der Waals surface area (Å²) in [5.74, 6) is -0.765. The fraction of sp³-hybridized carbons (Fsp3) is 0.111. The van der Waals surface area contributed by atoms with E-state index in [1.807, 2.05) is 0 Å². The molecule has 21 heavy (non-hydrogen) atoms. The number of alkyl halides is 3. The Kier molecular flexibility index (Phi) is 3.41. The zero-order valence-corrected chi connectivity index (χ0v) is 10.7. The molecule has 2 aromatic rings. The van der Waals surface area contributed by atoms with Gasteiger partial charge in [-0.2, -0.15) is 13.2 Å². The molecule has 1 aromatic carbocycles. The molecule has 0 fully saturated rings. The Morgan fingerprint density at radius 1 is 1.29 bits per heavy atom. The van der Waals surface area contributed by atoms with E-state index in [0.29, 0.717) is 6.07 Å². The number of nitro groups is 1. The predicted molar refractivity (Wildman–Crippen MR) is 61.3 cm³/mol. The zero-order chi connectivity index (χ0) is 15.8. The van der Waals surface area contributed by atoms with Gasteiger partial charge in [-0.05, 0) is 23.1 Å². The number of aromatic nitrogens is 3. The lowest BCUT2D eigenvalue weighted by Crippen LogP contribution is -2.23. The van der Waals surface area contributed by atoms with Crippen molar-refractivity contribution in [3.63, 3.8) is 0 Å². The van der Waals surface area contributed by atoms with Gasteiger partial charge in [0.25, 0.3) is 9.84 Å². The van der Waals surface area contributed by atoms with Crippen LogP contribution < -0.4 is 0 Å². The molecule has 0 N–H and O–H groups in total. The van der Waals surface area contributed by atoms with E-state index in [0.717, 1.165) is 23.1 Å². The maximum Gasteiger partial charge on any atom is 0.501 e. The van der Waals surface area contributed by atoms with Gasteiger partial charge in [0.05, 0.1) is 10.6 Å². The van der Waals surface area contributed by atoms with Gasteiger partial charge in [0.2, 0.25) is 6.33 Å². The summed E-state index contributed by atoms with van der Waals surface area (Å²) in [6.07, 6.45) is 0.886. The van der Waals surface area contributed by atoms with Crippen molar-refractivity contribution in [2.45, 2.75) is 10.4 Å². The van der Waals surface area contributed by atoms with Gasteiger partial charge in [0.15, 0.2) is 0 Å². The van der Waals surface area contributed by atoms with Crippen LogP contribution in [0.5, 0.6) is 0 Å². The second kappa shape index (κ2) is 4.80. The number of sulfone groups is 1. The summed E-state index contributed by atoms with van der Waals surface area (Å²) in [6, 6.07) is 3.74. The van der Waals surface area contributed by atoms with Crippen molar-refractivity contribution in [3.8, 4) is 5.69 Å². The molecule has 0 aliphatic carbocycles. The average Bonchev–Trinajstić information content (AvgIpc) is 2.87. The van der Waals surface area contributed by atoms with Crippen molar-refractivity contribution in [2.75, 3.05) is 0 Å². The van der Waals surface area contributed by atoms with Crippen molar-refractivity contribution in [1.82, 2.24) is 14.8 Å². The van der Waals surface area contributed by atoms with Crippen LogP contribution in [0.4, 0.5) is 19.1 Å². The molecule has 0 saturated heterocycles. The highest BCUT2D eigenvalue weighted by Gasteiger charge is 2.46. The van der Waals surface area contributed by atoms with E-state index in [-0.39, 0.29) is 5.69 Å². The zero-order valence-electron chi connectivity index (χ0n) is 9.85. The number of rotatable bonds is 3. The largest absolute Gasteiger partial charge is 0.501 e. The van der Waals surface area contributed by atoms with Crippen molar-refractivity contribution in [2.24, 2.45) is 0 Å². The van der Waals surface area contributed by atoms with Gasteiger partial charge in [0.1, 0.15) is 0 Å². The van der Waals surface area contributed by atoms with Crippen LogP contribution in [-0.2, 0) is 9.84 Å². The van der Waals surface area contributed by atoms with Crippen LogP contribution in [-0.4, -0.2) is 33.6 Å². The first-order chi connectivity index (χ1) is 9.63. The van der Waals surface area contributed by atoms with E-state index in [1.54, 1.807) is 0 Å². The predicted octanol–water partition coefficient (Wildman–Crippen LogP) is 1.47. The van der Waals surface area contributed by atoms with Gasteiger partial charge in [-0.15, -0.1) is 4.68 Å². The molecule has 2 rings (SSSR count). The first-order valence-corrected chi connectivity index (χ1v) is 6.59. The van der Waals surface area contributed by atoms with Gasteiger partial charge < -0.3 is 10.1 Å². The molecule has 0 unspecified atom stereocenters. The van der Waals surface area contributed by atoms with Crippen LogP contribution in [0.2, 0.25) is 0 Å². The van der Waals surface area contributed by atoms with Gasteiger partial charge in [-0.25, -0.2) is 8.42 Å².